The summed E-state index contributed by atoms with van der Waals surface area (Å²) in [4.78, 5) is 5.49. The lowest BCUT2D eigenvalue weighted by Gasteiger charge is -2.09. The maximum atomic E-state index is 6.09. The molecule has 0 saturated carbocycles. The number of hydrogen-bond donors (Lipinski definition) is 1. The van der Waals surface area contributed by atoms with Gasteiger partial charge >= 0.3 is 0 Å². The molecule has 6 heteroatoms. The van der Waals surface area contributed by atoms with Gasteiger partial charge in [0.05, 0.1) is 12.3 Å². The molecule has 0 spiro atoms. The largest absolute Gasteiger partial charge is 0.436 e. The number of halogens is 1. The topological polar surface area (TPSA) is 47.3 Å². The van der Waals surface area contributed by atoms with E-state index in [1.54, 1.807) is 7.11 Å². The summed E-state index contributed by atoms with van der Waals surface area (Å²) < 4.78 is 10.7. The van der Waals surface area contributed by atoms with E-state index >= 15 is 0 Å². The Balaban J connectivity index is 2.10. The number of hydrogen-bond acceptors (Lipinski definition) is 5. The van der Waals surface area contributed by atoms with E-state index in [1.807, 2.05) is 32.0 Å². The van der Waals surface area contributed by atoms with E-state index in [0.29, 0.717) is 11.8 Å². The molecule has 1 heterocycles. The average Bonchev–Trinajstić information content (AvgIpc) is 2.76. The zero-order valence-corrected chi connectivity index (χ0v) is 14.0. The Kier molecular flexibility index (Phi) is 6.11. The minimum absolute atomic E-state index is 0.658. The highest BCUT2D eigenvalue weighted by molar-refractivity contribution is 7.99. The van der Waals surface area contributed by atoms with Gasteiger partial charge in [0.2, 0.25) is 0 Å². The minimum atomic E-state index is 0.658. The van der Waals surface area contributed by atoms with Crippen LogP contribution in [0.15, 0.2) is 32.7 Å². The molecule has 0 aliphatic heterocycles. The predicted octanol–water partition coefficient (Wildman–Crippen LogP) is 3.83. The number of rotatable bonds is 7. The van der Waals surface area contributed by atoms with Crippen molar-refractivity contribution in [1.29, 1.82) is 0 Å². The van der Waals surface area contributed by atoms with Crippen molar-refractivity contribution in [3.63, 3.8) is 0 Å². The Labute approximate surface area is 134 Å². The quantitative estimate of drug-likeness (QED) is 0.783. The van der Waals surface area contributed by atoms with Gasteiger partial charge in [0.15, 0.2) is 0 Å². The normalized spacial score (nSPS) is 11.0. The number of benzene rings is 1. The molecule has 0 atom stereocenters. The van der Waals surface area contributed by atoms with Crippen LogP contribution in [0.3, 0.4) is 0 Å². The van der Waals surface area contributed by atoms with Crippen LogP contribution >= 0.6 is 23.4 Å². The van der Waals surface area contributed by atoms with Gasteiger partial charge in [-0.3, -0.25) is 0 Å². The zero-order valence-electron chi connectivity index (χ0n) is 12.4. The lowest BCUT2D eigenvalue weighted by Crippen LogP contribution is -2.18. The van der Waals surface area contributed by atoms with Crippen molar-refractivity contribution in [3.8, 4) is 0 Å². The smallest absolute Gasteiger partial charge is 0.261 e. The Hall–Kier alpha value is -1.01. The fourth-order valence-corrected chi connectivity index (χ4v) is 2.89. The zero-order chi connectivity index (χ0) is 15.2. The van der Waals surface area contributed by atoms with Crippen LogP contribution in [0.2, 0.25) is 5.02 Å². The van der Waals surface area contributed by atoms with Crippen LogP contribution in [0.25, 0.3) is 0 Å². The molecule has 0 aliphatic rings. The molecule has 21 heavy (non-hydrogen) atoms. The molecule has 1 N–H and O–H groups in total. The number of ether oxygens (including phenoxy) is 1. The van der Waals surface area contributed by atoms with Crippen molar-refractivity contribution in [3.05, 3.63) is 40.2 Å². The van der Waals surface area contributed by atoms with E-state index in [2.05, 4.69) is 10.3 Å². The Morgan fingerprint density at radius 1 is 1.38 bits per heavy atom. The molecule has 0 saturated heterocycles. The van der Waals surface area contributed by atoms with Gasteiger partial charge in [-0.1, -0.05) is 11.6 Å². The second kappa shape index (κ2) is 7.84. The van der Waals surface area contributed by atoms with E-state index in [9.17, 15) is 0 Å². The maximum absolute atomic E-state index is 6.09. The fraction of sp³-hybridized carbons (Fsp3) is 0.400. The van der Waals surface area contributed by atoms with E-state index < -0.39 is 0 Å². The summed E-state index contributed by atoms with van der Waals surface area (Å²) in [6.45, 7) is 6.07. The number of oxazole rings is 1. The lowest BCUT2D eigenvalue weighted by molar-refractivity contribution is 0.199. The Morgan fingerprint density at radius 3 is 2.86 bits per heavy atom. The maximum Gasteiger partial charge on any atom is 0.261 e. The molecule has 0 radical (unpaired) electrons. The number of nitrogens with zero attached hydrogens (tertiary/aromatic N) is 1. The van der Waals surface area contributed by atoms with Gasteiger partial charge in [-0.2, -0.15) is 0 Å². The van der Waals surface area contributed by atoms with Crippen LogP contribution in [0.4, 0.5) is 0 Å². The second-order valence-corrected chi connectivity index (χ2v) is 6.07. The number of aryl methyl sites for hydroxylation is 2. The highest BCUT2D eigenvalue weighted by atomic mass is 35.5. The van der Waals surface area contributed by atoms with Crippen molar-refractivity contribution < 1.29 is 9.15 Å². The van der Waals surface area contributed by atoms with Crippen LogP contribution in [-0.4, -0.2) is 25.2 Å². The number of nitrogens with one attached hydrogen (secondary N) is 1. The molecule has 0 aliphatic carbocycles. The minimum Gasteiger partial charge on any atom is -0.436 e. The second-order valence-electron chi connectivity index (χ2n) is 4.65. The summed E-state index contributed by atoms with van der Waals surface area (Å²) in [6, 6.07) is 5.84. The van der Waals surface area contributed by atoms with Crippen molar-refractivity contribution in [2.75, 3.05) is 20.3 Å². The van der Waals surface area contributed by atoms with Gasteiger partial charge in [0, 0.05) is 30.1 Å². The van der Waals surface area contributed by atoms with E-state index in [0.717, 1.165) is 40.0 Å². The number of aromatic nitrogens is 1. The third-order valence-electron chi connectivity index (χ3n) is 3.03. The molecular formula is C15H19ClN2O2S. The number of methoxy groups -OCH3 is 1. The summed E-state index contributed by atoms with van der Waals surface area (Å²) in [5.74, 6) is 0.853. The van der Waals surface area contributed by atoms with Crippen molar-refractivity contribution >= 4 is 23.4 Å². The summed E-state index contributed by atoms with van der Waals surface area (Å²) in [7, 11) is 1.69. The van der Waals surface area contributed by atoms with Gasteiger partial charge in [-0.25, -0.2) is 4.98 Å². The first-order valence-electron chi connectivity index (χ1n) is 6.70. The van der Waals surface area contributed by atoms with Crippen LogP contribution in [0.1, 0.15) is 17.0 Å². The molecule has 2 aromatic rings. The first-order valence-corrected chi connectivity index (χ1v) is 7.89. The monoisotopic (exact) mass is 326 g/mol. The molecule has 114 valence electrons. The lowest BCUT2D eigenvalue weighted by atomic mass is 10.2. The standard InChI is InChI=1S/C15H19ClN2O2S/c1-10-11(2)20-15(18-10)21-14-5-4-13(16)8-12(14)9-17-6-7-19-3/h4-5,8,17H,6-7,9H2,1-3H3. The van der Waals surface area contributed by atoms with Gasteiger partial charge in [-0.05, 0) is 49.4 Å². The van der Waals surface area contributed by atoms with E-state index in [-0.39, 0.29) is 0 Å². The molecule has 0 bridgehead atoms. The molecule has 4 nitrogen and oxygen atoms in total. The molecule has 0 amide bonds. The van der Waals surface area contributed by atoms with Crippen molar-refractivity contribution in [2.45, 2.75) is 30.5 Å². The van der Waals surface area contributed by atoms with E-state index in [4.69, 9.17) is 20.8 Å². The van der Waals surface area contributed by atoms with Crippen molar-refractivity contribution in [2.24, 2.45) is 0 Å². The van der Waals surface area contributed by atoms with Gasteiger partial charge < -0.3 is 14.5 Å². The molecule has 0 unspecified atom stereocenters. The van der Waals surface area contributed by atoms with Crippen LogP contribution in [0.5, 0.6) is 0 Å². The first-order chi connectivity index (χ1) is 10.1. The van der Waals surface area contributed by atoms with Crippen molar-refractivity contribution in [1.82, 2.24) is 10.3 Å². The summed E-state index contributed by atoms with van der Waals surface area (Å²) in [5.41, 5.74) is 2.04. The van der Waals surface area contributed by atoms with Crippen LogP contribution < -0.4 is 5.32 Å². The SMILES string of the molecule is COCCNCc1cc(Cl)ccc1Sc1nc(C)c(C)o1. The third kappa shape index (κ3) is 4.74. The highest BCUT2D eigenvalue weighted by Crippen LogP contribution is 2.32. The summed E-state index contributed by atoms with van der Waals surface area (Å²) >= 11 is 7.60. The predicted molar refractivity (Wildman–Crippen MR) is 85.1 cm³/mol. The average molecular weight is 327 g/mol. The third-order valence-corrected chi connectivity index (χ3v) is 4.23. The molecule has 1 aromatic heterocycles. The molecule has 1 aromatic carbocycles. The molecular weight excluding hydrogens is 308 g/mol. The van der Waals surface area contributed by atoms with Gasteiger partial charge in [0.1, 0.15) is 5.76 Å². The summed E-state index contributed by atoms with van der Waals surface area (Å²) in [6.07, 6.45) is 0. The fourth-order valence-electron chi connectivity index (χ4n) is 1.76. The van der Waals surface area contributed by atoms with Crippen LogP contribution in [-0.2, 0) is 11.3 Å². The van der Waals surface area contributed by atoms with Gasteiger partial charge in [0.25, 0.3) is 5.22 Å². The first kappa shape index (κ1) is 16.4. The van der Waals surface area contributed by atoms with Crippen LogP contribution in [0, 0.1) is 13.8 Å². The van der Waals surface area contributed by atoms with Gasteiger partial charge in [-0.15, -0.1) is 0 Å². The molecule has 2 rings (SSSR count). The molecule has 0 fully saturated rings. The Morgan fingerprint density at radius 2 is 2.19 bits per heavy atom. The summed E-state index contributed by atoms with van der Waals surface area (Å²) in [5, 5.41) is 4.71. The van der Waals surface area contributed by atoms with E-state index in [1.165, 1.54) is 11.8 Å². The highest BCUT2D eigenvalue weighted by Gasteiger charge is 2.11. The Bertz CT molecular complexity index is 582.